The molecule has 2 aromatic carbocycles. The third-order valence-electron chi connectivity index (χ3n) is 3.19. The minimum absolute atomic E-state index is 0.502. The van der Waals surface area contributed by atoms with Gasteiger partial charge in [0.25, 0.3) is 0 Å². The summed E-state index contributed by atoms with van der Waals surface area (Å²) in [5.41, 5.74) is 3.56. The minimum atomic E-state index is -2.62. The maximum atomic E-state index is 11.6. The van der Waals surface area contributed by atoms with Crippen LogP contribution in [0.15, 0.2) is 53.4 Å². The predicted octanol–water partition coefficient (Wildman–Crippen LogP) is 4.51. The van der Waals surface area contributed by atoms with Gasteiger partial charge in [-0.1, -0.05) is 50.2 Å². The lowest BCUT2D eigenvalue weighted by Gasteiger charge is -2.09. The van der Waals surface area contributed by atoms with E-state index in [0.29, 0.717) is 10.8 Å². The first-order valence-electron chi connectivity index (χ1n) is 6.32. The molecule has 0 spiro atoms. The van der Waals surface area contributed by atoms with Gasteiger partial charge in [0.1, 0.15) is 0 Å². The highest BCUT2D eigenvalue weighted by atomic mass is 32.2. The topological polar surface area (TPSA) is 40.9 Å². The van der Waals surface area contributed by atoms with E-state index in [1.807, 2.05) is 12.1 Å². The van der Waals surface area contributed by atoms with E-state index in [2.05, 4.69) is 38.1 Å². The quantitative estimate of drug-likeness (QED) is 0.878. The van der Waals surface area contributed by atoms with Crippen LogP contribution in [0.2, 0.25) is 0 Å². The van der Waals surface area contributed by atoms with Crippen molar-refractivity contribution in [3.05, 3.63) is 54.1 Å². The van der Waals surface area contributed by atoms with E-state index in [-0.39, 0.29) is 0 Å². The van der Waals surface area contributed by atoms with Crippen LogP contribution in [-0.2, 0) is 9.73 Å². The summed E-state index contributed by atoms with van der Waals surface area (Å²) >= 11 is 0. The smallest absolute Gasteiger partial charge is 0.0696 e. The molecule has 2 aromatic rings. The van der Waals surface area contributed by atoms with Gasteiger partial charge in [0.05, 0.1) is 9.73 Å². The first kappa shape index (κ1) is 13.8. The molecular weight excluding hydrogens is 254 g/mol. The molecule has 0 amide bonds. The number of nitrogens with one attached hydrogen (secondary N) is 1. The standard InChI is InChI=1S/C16H19NOS/c1-12(2)14-5-4-6-15(11-14)13-7-9-16(10-8-13)19(3,17)18/h4-12,17H,1-3H3. The van der Waals surface area contributed by atoms with Crippen molar-refractivity contribution in [2.75, 3.05) is 6.26 Å². The van der Waals surface area contributed by atoms with E-state index in [1.165, 1.54) is 11.8 Å². The highest BCUT2D eigenvalue weighted by molar-refractivity contribution is 7.91. The van der Waals surface area contributed by atoms with Gasteiger partial charge < -0.3 is 0 Å². The van der Waals surface area contributed by atoms with E-state index in [1.54, 1.807) is 12.1 Å². The van der Waals surface area contributed by atoms with Gasteiger partial charge in [-0.15, -0.1) is 0 Å². The van der Waals surface area contributed by atoms with Crippen LogP contribution in [0, 0.1) is 4.78 Å². The van der Waals surface area contributed by atoms with Crippen LogP contribution in [0.25, 0.3) is 11.1 Å². The molecule has 0 aliphatic rings. The van der Waals surface area contributed by atoms with E-state index in [0.717, 1.165) is 11.1 Å². The Balaban J connectivity index is 2.40. The fourth-order valence-corrected chi connectivity index (χ4v) is 2.64. The molecule has 1 atom stereocenters. The minimum Gasteiger partial charge on any atom is -0.249 e. The number of benzene rings is 2. The Morgan fingerprint density at radius 2 is 1.63 bits per heavy atom. The fourth-order valence-electron chi connectivity index (χ4n) is 1.98. The third kappa shape index (κ3) is 3.24. The monoisotopic (exact) mass is 273 g/mol. The summed E-state index contributed by atoms with van der Waals surface area (Å²) in [7, 11) is -2.62. The van der Waals surface area contributed by atoms with Gasteiger partial charge in [-0.2, -0.15) is 0 Å². The lowest BCUT2D eigenvalue weighted by Crippen LogP contribution is -1.94. The number of rotatable bonds is 3. The van der Waals surface area contributed by atoms with Crippen LogP contribution in [0.5, 0.6) is 0 Å². The zero-order chi connectivity index (χ0) is 14.0. The first-order valence-corrected chi connectivity index (χ1v) is 8.29. The van der Waals surface area contributed by atoms with Crippen molar-refractivity contribution in [1.29, 1.82) is 4.78 Å². The van der Waals surface area contributed by atoms with Gasteiger partial charge in [-0.3, -0.25) is 0 Å². The average Bonchev–Trinajstić information content (AvgIpc) is 2.38. The van der Waals surface area contributed by atoms with Crippen molar-refractivity contribution in [2.24, 2.45) is 0 Å². The van der Waals surface area contributed by atoms with Gasteiger partial charge in [0.2, 0.25) is 0 Å². The van der Waals surface area contributed by atoms with Crippen molar-refractivity contribution in [3.8, 4) is 11.1 Å². The molecule has 0 radical (unpaired) electrons. The van der Waals surface area contributed by atoms with Crippen molar-refractivity contribution in [2.45, 2.75) is 24.7 Å². The molecule has 0 fully saturated rings. The van der Waals surface area contributed by atoms with Crippen molar-refractivity contribution in [3.63, 3.8) is 0 Å². The Labute approximate surface area is 115 Å². The molecule has 0 aromatic heterocycles. The molecule has 2 nitrogen and oxygen atoms in total. The van der Waals surface area contributed by atoms with Gasteiger partial charge >= 0.3 is 0 Å². The zero-order valence-electron chi connectivity index (χ0n) is 11.5. The summed E-state index contributed by atoms with van der Waals surface area (Å²) in [6.07, 6.45) is 1.45. The van der Waals surface area contributed by atoms with E-state index < -0.39 is 9.73 Å². The third-order valence-corrected chi connectivity index (χ3v) is 4.36. The molecule has 19 heavy (non-hydrogen) atoms. The second kappa shape index (κ2) is 5.17. The van der Waals surface area contributed by atoms with Crippen LogP contribution in [0.1, 0.15) is 25.3 Å². The summed E-state index contributed by atoms with van der Waals surface area (Å²) < 4.78 is 19.2. The molecule has 0 saturated carbocycles. The van der Waals surface area contributed by atoms with Gasteiger partial charge in [-0.05, 0) is 34.7 Å². The van der Waals surface area contributed by atoms with Gasteiger partial charge in [0, 0.05) is 11.2 Å². The first-order chi connectivity index (χ1) is 8.88. The summed E-state index contributed by atoms with van der Waals surface area (Å²) in [5, 5.41) is 0. The van der Waals surface area contributed by atoms with Crippen molar-refractivity contribution >= 4 is 9.73 Å². The van der Waals surface area contributed by atoms with E-state index >= 15 is 0 Å². The van der Waals surface area contributed by atoms with Crippen molar-refractivity contribution < 1.29 is 4.21 Å². The van der Waals surface area contributed by atoms with Crippen LogP contribution in [-0.4, -0.2) is 10.5 Å². The normalized spacial score (nSPS) is 14.3. The summed E-state index contributed by atoms with van der Waals surface area (Å²) in [4.78, 5) is 0.580. The average molecular weight is 273 g/mol. The lowest BCUT2D eigenvalue weighted by molar-refractivity contribution is 0.679. The molecule has 2 rings (SSSR count). The second-order valence-corrected chi connectivity index (χ2v) is 7.31. The number of hydrogen-bond donors (Lipinski definition) is 1. The Hall–Kier alpha value is -1.61. The number of hydrogen-bond acceptors (Lipinski definition) is 2. The highest BCUT2D eigenvalue weighted by Crippen LogP contribution is 2.25. The Morgan fingerprint density at radius 1 is 1.00 bits per heavy atom. The van der Waals surface area contributed by atoms with Gasteiger partial charge in [-0.25, -0.2) is 8.99 Å². The molecule has 0 saturated heterocycles. The van der Waals surface area contributed by atoms with E-state index in [9.17, 15) is 4.21 Å². The Kier molecular flexibility index (Phi) is 3.76. The molecule has 0 heterocycles. The maximum Gasteiger partial charge on any atom is 0.0696 e. The Morgan fingerprint density at radius 3 is 2.16 bits per heavy atom. The van der Waals surface area contributed by atoms with Crippen molar-refractivity contribution in [1.82, 2.24) is 0 Å². The SMILES string of the molecule is CC(C)c1cccc(-c2ccc(S(C)(=N)=O)cc2)c1. The predicted molar refractivity (Wildman–Crippen MR) is 81.0 cm³/mol. The molecule has 0 aliphatic heterocycles. The highest BCUT2D eigenvalue weighted by Gasteiger charge is 2.05. The maximum absolute atomic E-state index is 11.6. The fraction of sp³-hybridized carbons (Fsp3) is 0.250. The molecular formula is C16H19NOS. The molecule has 100 valence electrons. The summed E-state index contributed by atoms with van der Waals surface area (Å²) in [6, 6.07) is 15.9. The summed E-state index contributed by atoms with van der Waals surface area (Å²) in [5.74, 6) is 0.502. The zero-order valence-corrected chi connectivity index (χ0v) is 12.3. The molecule has 0 bridgehead atoms. The molecule has 1 N–H and O–H groups in total. The van der Waals surface area contributed by atoms with E-state index in [4.69, 9.17) is 4.78 Å². The molecule has 3 heteroatoms. The molecule has 0 aliphatic carbocycles. The largest absolute Gasteiger partial charge is 0.249 e. The Bertz CT molecular complexity index is 670. The summed E-state index contributed by atoms with van der Waals surface area (Å²) in [6.45, 7) is 4.35. The van der Waals surface area contributed by atoms with Crippen LogP contribution in [0.4, 0.5) is 0 Å². The van der Waals surface area contributed by atoms with Crippen LogP contribution < -0.4 is 0 Å². The van der Waals surface area contributed by atoms with Crippen LogP contribution >= 0.6 is 0 Å². The molecule has 1 unspecified atom stereocenters. The van der Waals surface area contributed by atoms with Crippen LogP contribution in [0.3, 0.4) is 0 Å². The van der Waals surface area contributed by atoms with Gasteiger partial charge in [0.15, 0.2) is 0 Å². The lowest BCUT2D eigenvalue weighted by atomic mass is 9.97. The second-order valence-electron chi connectivity index (χ2n) is 5.15.